The Morgan fingerprint density at radius 3 is 2.30 bits per heavy atom. The maximum Gasteiger partial charge on any atom is 0.226 e. The molecule has 2 fully saturated rings. The topological polar surface area (TPSA) is 63.4 Å². The van der Waals surface area contributed by atoms with Crippen LogP contribution in [0, 0.1) is 18.3 Å². The second-order valence-corrected chi connectivity index (χ2v) is 7.34. The molecule has 3 rings (SSSR count). The van der Waals surface area contributed by atoms with Gasteiger partial charge in [-0.2, -0.15) is 0 Å². The highest BCUT2D eigenvalue weighted by atomic mass is 16.2. The largest absolute Gasteiger partial charge is 0.369 e. The zero-order valence-corrected chi connectivity index (χ0v) is 13.9. The minimum atomic E-state index is -0.373. The molecule has 4 heteroatoms. The Balaban J connectivity index is 1.57. The summed E-state index contributed by atoms with van der Waals surface area (Å²) in [6.07, 6.45) is 5.25. The molecule has 0 spiro atoms. The van der Waals surface area contributed by atoms with Crippen LogP contribution in [0.5, 0.6) is 0 Å². The fourth-order valence-electron chi connectivity index (χ4n) is 3.60. The van der Waals surface area contributed by atoms with E-state index in [1.54, 1.807) is 0 Å². The van der Waals surface area contributed by atoms with E-state index in [0.29, 0.717) is 25.4 Å². The van der Waals surface area contributed by atoms with Gasteiger partial charge in [-0.1, -0.05) is 42.7 Å². The number of hydrogen-bond acceptors (Lipinski definition) is 2. The van der Waals surface area contributed by atoms with Crippen molar-refractivity contribution in [3.8, 4) is 0 Å². The summed E-state index contributed by atoms with van der Waals surface area (Å²) >= 11 is 0. The van der Waals surface area contributed by atoms with Gasteiger partial charge in [0.2, 0.25) is 11.8 Å². The molecule has 1 saturated heterocycles. The standard InChI is InChI=1S/C19H26N2O2/c1-14-2-4-15(5-3-14)12-17(22)21-10-8-19(9-11-21,18(20)23)13-16-6-7-16/h2-5,16H,6-13H2,1H3,(H2,20,23). The summed E-state index contributed by atoms with van der Waals surface area (Å²) in [5.74, 6) is 0.658. The van der Waals surface area contributed by atoms with E-state index in [9.17, 15) is 9.59 Å². The Bertz CT molecular complexity index is 582. The van der Waals surface area contributed by atoms with Crippen LogP contribution in [0.1, 0.15) is 43.2 Å². The lowest BCUT2D eigenvalue weighted by atomic mass is 9.73. The number of rotatable bonds is 5. The Morgan fingerprint density at radius 1 is 1.17 bits per heavy atom. The fourth-order valence-corrected chi connectivity index (χ4v) is 3.60. The van der Waals surface area contributed by atoms with Gasteiger partial charge in [-0.05, 0) is 37.7 Å². The highest BCUT2D eigenvalue weighted by Gasteiger charge is 2.44. The third-order valence-electron chi connectivity index (χ3n) is 5.45. The molecule has 1 aliphatic heterocycles. The summed E-state index contributed by atoms with van der Waals surface area (Å²) in [6, 6.07) is 8.09. The van der Waals surface area contributed by atoms with Gasteiger partial charge in [0.15, 0.2) is 0 Å². The van der Waals surface area contributed by atoms with Crippen molar-refractivity contribution in [2.75, 3.05) is 13.1 Å². The van der Waals surface area contributed by atoms with Crippen molar-refractivity contribution in [1.29, 1.82) is 0 Å². The third kappa shape index (κ3) is 3.74. The Morgan fingerprint density at radius 2 is 1.78 bits per heavy atom. The number of nitrogens with zero attached hydrogens (tertiary/aromatic N) is 1. The van der Waals surface area contributed by atoms with Gasteiger partial charge < -0.3 is 10.6 Å². The van der Waals surface area contributed by atoms with Crippen LogP contribution in [-0.4, -0.2) is 29.8 Å². The van der Waals surface area contributed by atoms with Crippen molar-refractivity contribution in [2.24, 2.45) is 17.1 Å². The van der Waals surface area contributed by atoms with E-state index in [-0.39, 0.29) is 17.2 Å². The van der Waals surface area contributed by atoms with E-state index in [1.807, 2.05) is 36.1 Å². The second kappa shape index (κ2) is 6.34. The van der Waals surface area contributed by atoms with Crippen LogP contribution in [0.25, 0.3) is 0 Å². The minimum absolute atomic E-state index is 0.151. The zero-order valence-electron chi connectivity index (χ0n) is 13.9. The van der Waals surface area contributed by atoms with E-state index in [1.165, 1.54) is 18.4 Å². The lowest BCUT2D eigenvalue weighted by Gasteiger charge is -2.40. The van der Waals surface area contributed by atoms with Gasteiger partial charge in [0.25, 0.3) is 0 Å². The molecule has 1 aliphatic carbocycles. The van der Waals surface area contributed by atoms with Crippen molar-refractivity contribution >= 4 is 11.8 Å². The first-order valence-corrected chi connectivity index (χ1v) is 8.62. The first-order chi connectivity index (χ1) is 11.0. The number of benzene rings is 1. The van der Waals surface area contributed by atoms with Crippen LogP contribution in [0.2, 0.25) is 0 Å². The monoisotopic (exact) mass is 314 g/mol. The lowest BCUT2D eigenvalue weighted by Crippen LogP contribution is -2.49. The van der Waals surface area contributed by atoms with Gasteiger partial charge in [-0.15, -0.1) is 0 Å². The molecule has 2 N–H and O–H groups in total. The number of amides is 2. The Kier molecular flexibility index (Phi) is 4.42. The third-order valence-corrected chi connectivity index (χ3v) is 5.45. The second-order valence-electron chi connectivity index (χ2n) is 7.34. The molecule has 1 saturated carbocycles. The predicted molar refractivity (Wildman–Crippen MR) is 89.7 cm³/mol. The minimum Gasteiger partial charge on any atom is -0.369 e. The number of likely N-dealkylation sites (tertiary alicyclic amines) is 1. The molecule has 1 heterocycles. The summed E-state index contributed by atoms with van der Waals surface area (Å²) in [5.41, 5.74) is 7.57. The van der Waals surface area contributed by atoms with E-state index in [4.69, 9.17) is 5.73 Å². The molecule has 124 valence electrons. The maximum atomic E-state index is 12.5. The normalized spacial score (nSPS) is 20.3. The molecule has 0 atom stereocenters. The van der Waals surface area contributed by atoms with Crippen LogP contribution in [0.4, 0.5) is 0 Å². The van der Waals surface area contributed by atoms with Crippen molar-refractivity contribution in [3.05, 3.63) is 35.4 Å². The highest BCUT2D eigenvalue weighted by Crippen LogP contribution is 2.45. The molecule has 2 aliphatic rings. The summed E-state index contributed by atoms with van der Waals surface area (Å²) < 4.78 is 0. The van der Waals surface area contributed by atoms with Crippen molar-refractivity contribution in [3.63, 3.8) is 0 Å². The lowest BCUT2D eigenvalue weighted by molar-refractivity contribution is -0.139. The fraction of sp³-hybridized carbons (Fsp3) is 0.579. The number of nitrogens with two attached hydrogens (primary N) is 1. The molecule has 0 aromatic heterocycles. The summed E-state index contributed by atoms with van der Waals surface area (Å²) in [5, 5.41) is 0. The van der Waals surface area contributed by atoms with Crippen LogP contribution in [0.15, 0.2) is 24.3 Å². The van der Waals surface area contributed by atoms with Crippen molar-refractivity contribution in [2.45, 2.75) is 45.4 Å². The molecular weight excluding hydrogens is 288 g/mol. The number of primary amides is 1. The number of piperidine rings is 1. The molecule has 0 bridgehead atoms. The van der Waals surface area contributed by atoms with Gasteiger partial charge in [-0.3, -0.25) is 9.59 Å². The van der Waals surface area contributed by atoms with Crippen LogP contribution in [0.3, 0.4) is 0 Å². The zero-order chi connectivity index (χ0) is 16.4. The maximum absolute atomic E-state index is 12.5. The van der Waals surface area contributed by atoms with Gasteiger partial charge in [0.05, 0.1) is 11.8 Å². The van der Waals surface area contributed by atoms with Gasteiger partial charge >= 0.3 is 0 Å². The first kappa shape index (κ1) is 16.0. The molecule has 0 unspecified atom stereocenters. The van der Waals surface area contributed by atoms with Crippen molar-refractivity contribution in [1.82, 2.24) is 4.90 Å². The molecule has 0 radical (unpaired) electrons. The van der Waals surface area contributed by atoms with Crippen molar-refractivity contribution < 1.29 is 9.59 Å². The molecule has 23 heavy (non-hydrogen) atoms. The Labute approximate surface area is 138 Å². The van der Waals surface area contributed by atoms with Crippen LogP contribution >= 0.6 is 0 Å². The molecule has 4 nitrogen and oxygen atoms in total. The average molecular weight is 314 g/mol. The number of hydrogen-bond donors (Lipinski definition) is 1. The average Bonchev–Trinajstić information content (AvgIpc) is 3.34. The van der Waals surface area contributed by atoms with Crippen LogP contribution < -0.4 is 5.73 Å². The molecule has 2 amide bonds. The Hall–Kier alpha value is -1.84. The highest BCUT2D eigenvalue weighted by molar-refractivity contribution is 5.82. The number of carbonyl (C=O) groups excluding carboxylic acids is 2. The number of carbonyl (C=O) groups is 2. The SMILES string of the molecule is Cc1ccc(CC(=O)N2CCC(CC3CC3)(C(N)=O)CC2)cc1. The van der Waals surface area contributed by atoms with E-state index in [0.717, 1.165) is 24.8 Å². The summed E-state index contributed by atoms with van der Waals surface area (Å²) in [6.45, 7) is 3.35. The molecular formula is C19H26N2O2. The number of aryl methyl sites for hydroxylation is 1. The smallest absolute Gasteiger partial charge is 0.226 e. The van der Waals surface area contributed by atoms with Crippen LogP contribution in [-0.2, 0) is 16.0 Å². The van der Waals surface area contributed by atoms with Gasteiger partial charge in [0.1, 0.15) is 0 Å². The van der Waals surface area contributed by atoms with Gasteiger partial charge in [-0.25, -0.2) is 0 Å². The summed E-state index contributed by atoms with van der Waals surface area (Å²) in [4.78, 5) is 26.3. The molecule has 1 aromatic carbocycles. The summed E-state index contributed by atoms with van der Waals surface area (Å²) in [7, 11) is 0. The molecule has 1 aromatic rings. The van der Waals surface area contributed by atoms with E-state index >= 15 is 0 Å². The van der Waals surface area contributed by atoms with E-state index in [2.05, 4.69) is 0 Å². The quantitative estimate of drug-likeness (QED) is 0.907. The van der Waals surface area contributed by atoms with E-state index < -0.39 is 0 Å². The predicted octanol–water partition coefficient (Wildman–Crippen LogP) is 2.43. The first-order valence-electron chi connectivity index (χ1n) is 8.62. The van der Waals surface area contributed by atoms with Gasteiger partial charge in [0, 0.05) is 13.1 Å².